The lowest BCUT2D eigenvalue weighted by molar-refractivity contribution is -0.130. The summed E-state index contributed by atoms with van der Waals surface area (Å²) in [7, 11) is 0. The second-order valence-corrected chi connectivity index (χ2v) is 8.38. The number of aromatic nitrogens is 1. The lowest BCUT2D eigenvalue weighted by Crippen LogP contribution is -2.48. The van der Waals surface area contributed by atoms with E-state index in [9.17, 15) is 18.4 Å². The Bertz CT molecular complexity index is 1200. The predicted molar refractivity (Wildman–Crippen MR) is 130 cm³/mol. The largest absolute Gasteiger partial charge is 0.383 e. The first-order chi connectivity index (χ1) is 16.4. The van der Waals surface area contributed by atoms with Crippen molar-refractivity contribution in [3.05, 3.63) is 71.4 Å². The standard InChI is InChI=1S/C25H26F2N4O3.CH4/c26-20-6-4-15(11-21(20)27)12-22(31-23(32)13-18-2-1-9-34-18)25(33)30-14-16-3-5-19-17(10-16)7-8-29-24(19)28;/h3-8,10-11,18,22H,1-2,9,12-14H2,(H2,28,29)(H,30,33)(H,31,32);1H4/t18-,22+;/m1./s1. The smallest absolute Gasteiger partial charge is 0.243 e. The maximum Gasteiger partial charge on any atom is 0.243 e. The molecule has 7 nitrogen and oxygen atoms in total. The zero-order chi connectivity index (χ0) is 24.1. The summed E-state index contributed by atoms with van der Waals surface area (Å²) in [6, 6.07) is 9.86. The van der Waals surface area contributed by atoms with Crippen LogP contribution < -0.4 is 16.4 Å². The van der Waals surface area contributed by atoms with E-state index in [1.54, 1.807) is 6.20 Å². The number of benzene rings is 2. The number of amides is 2. The van der Waals surface area contributed by atoms with Crippen LogP contribution in [0.4, 0.5) is 14.6 Å². The molecular weight excluding hydrogens is 454 g/mol. The van der Waals surface area contributed by atoms with Crippen molar-refractivity contribution < 1.29 is 23.1 Å². The van der Waals surface area contributed by atoms with Gasteiger partial charge in [-0.05, 0) is 53.6 Å². The predicted octanol–water partition coefficient (Wildman–Crippen LogP) is 3.64. The van der Waals surface area contributed by atoms with Gasteiger partial charge in [0.15, 0.2) is 11.6 Å². The number of ether oxygens (including phenoxy) is 1. The summed E-state index contributed by atoms with van der Waals surface area (Å²) in [4.78, 5) is 29.6. The lowest BCUT2D eigenvalue weighted by Gasteiger charge is -2.20. The van der Waals surface area contributed by atoms with Crippen molar-refractivity contribution >= 4 is 28.4 Å². The minimum atomic E-state index is -1.01. The van der Waals surface area contributed by atoms with Gasteiger partial charge in [0.25, 0.3) is 0 Å². The highest BCUT2D eigenvalue weighted by atomic mass is 19.2. The topological polar surface area (TPSA) is 106 Å². The molecule has 4 rings (SSSR count). The minimum absolute atomic E-state index is 0. The fourth-order valence-corrected chi connectivity index (χ4v) is 4.05. The van der Waals surface area contributed by atoms with Gasteiger partial charge in [0.1, 0.15) is 11.9 Å². The number of hydrogen-bond donors (Lipinski definition) is 3. The molecule has 2 heterocycles. The van der Waals surface area contributed by atoms with E-state index in [0.717, 1.165) is 41.3 Å². The number of hydrogen-bond acceptors (Lipinski definition) is 5. The number of nitrogens with one attached hydrogen (secondary N) is 2. The normalized spacial score (nSPS) is 15.9. The Labute approximate surface area is 203 Å². The molecule has 1 aromatic heterocycles. The van der Waals surface area contributed by atoms with E-state index in [2.05, 4.69) is 15.6 Å². The van der Waals surface area contributed by atoms with Gasteiger partial charge >= 0.3 is 0 Å². The molecule has 186 valence electrons. The van der Waals surface area contributed by atoms with Gasteiger partial charge in [-0.1, -0.05) is 25.6 Å². The van der Waals surface area contributed by atoms with E-state index in [1.165, 1.54) is 6.07 Å². The van der Waals surface area contributed by atoms with Crippen LogP contribution in [0.15, 0.2) is 48.7 Å². The van der Waals surface area contributed by atoms with E-state index in [4.69, 9.17) is 10.5 Å². The van der Waals surface area contributed by atoms with E-state index >= 15 is 0 Å². The van der Waals surface area contributed by atoms with Crippen molar-refractivity contribution in [3.8, 4) is 0 Å². The molecular formula is C26H30F2N4O3. The molecule has 0 radical (unpaired) electrons. The lowest BCUT2D eigenvalue weighted by atomic mass is 10.0. The van der Waals surface area contributed by atoms with Crippen molar-refractivity contribution in [1.82, 2.24) is 15.6 Å². The number of fused-ring (bicyclic) bond motifs is 1. The third-order valence-electron chi connectivity index (χ3n) is 5.84. The number of anilines is 1. The number of rotatable bonds is 8. The Balaban J connectivity index is 0.00000342. The highest BCUT2D eigenvalue weighted by Gasteiger charge is 2.25. The maximum absolute atomic E-state index is 13.7. The van der Waals surface area contributed by atoms with Gasteiger partial charge in [-0.15, -0.1) is 0 Å². The number of pyridine rings is 1. The molecule has 1 aliphatic rings. The average molecular weight is 485 g/mol. The Morgan fingerprint density at radius 2 is 1.91 bits per heavy atom. The number of carbonyl (C=O) groups is 2. The monoisotopic (exact) mass is 484 g/mol. The molecule has 35 heavy (non-hydrogen) atoms. The molecule has 0 unspecified atom stereocenters. The van der Waals surface area contributed by atoms with Crippen LogP contribution in [0.3, 0.4) is 0 Å². The average Bonchev–Trinajstić information content (AvgIpc) is 3.32. The highest BCUT2D eigenvalue weighted by molar-refractivity contribution is 5.91. The number of nitrogens with zero attached hydrogens (tertiary/aromatic N) is 1. The van der Waals surface area contributed by atoms with Gasteiger partial charge in [0.05, 0.1) is 12.5 Å². The Kier molecular flexibility index (Phi) is 8.70. The highest BCUT2D eigenvalue weighted by Crippen LogP contribution is 2.20. The van der Waals surface area contributed by atoms with Crippen LogP contribution >= 0.6 is 0 Å². The fourth-order valence-electron chi connectivity index (χ4n) is 4.05. The quantitative estimate of drug-likeness (QED) is 0.453. The van der Waals surface area contributed by atoms with Crippen LogP contribution in [0.2, 0.25) is 0 Å². The van der Waals surface area contributed by atoms with Crippen molar-refractivity contribution in [1.29, 1.82) is 0 Å². The van der Waals surface area contributed by atoms with Gasteiger partial charge in [0, 0.05) is 31.2 Å². The molecule has 0 bridgehead atoms. The molecule has 2 aromatic carbocycles. The van der Waals surface area contributed by atoms with E-state index in [0.29, 0.717) is 18.0 Å². The zero-order valence-corrected chi connectivity index (χ0v) is 18.5. The molecule has 0 spiro atoms. The number of halogens is 2. The summed E-state index contributed by atoms with van der Waals surface area (Å²) >= 11 is 0. The van der Waals surface area contributed by atoms with E-state index in [1.807, 2.05) is 24.3 Å². The first-order valence-corrected chi connectivity index (χ1v) is 11.1. The van der Waals surface area contributed by atoms with Crippen LogP contribution in [0.25, 0.3) is 10.8 Å². The summed E-state index contributed by atoms with van der Waals surface area (Å²) in [5.74, 6) is -2.32. The van der Waals surface area contributed by atoms with Crippen molar-refractivity contribution in [2.45, 2.75) is 51.8 Å². The zero-order valence-electron chi connectivity index (χ0n) is 18.5. The Morgan fingerprint density at radius 3 is 2.66 bits per heavy atom. The van der Waals surface area contributed by atoms with Gasteiger partial charge in [-0.3, -0.25) is 9.59 Å². The van der Waals surface area contributed by atoms with Crippen molar-refractivity contribution in [3.63, 3.8) is 0 Å². The van der Waals surface area contributed by atoms with Gasteiger partial charge in [-0.25, -0.2) is 13.8 Å². The second-order valence-electron chi connectivity index (χ2n) is 8.38. The third kappa shape index (κ3) is 6.73. The van der Waals surface area contributed by atoms with Gasteiger partial charge < -0.3 is 21.1 Å². The van der Waals surface area contributed by atoms with E-state index < -0.39 is 23.6 Å². The number of carbonyl (C=O) groups excluding carboxylic acids is 2. The molecule has 1 aliphatic heterocycles. The summed E-state index contributed by atoms with van der Waals surface area (Å²) in [5, 5.41) is 7.26. The molecule has 3 aromatic rings. The van der Waals surface area contributed by atoms with Crippen LogP contribution in [0, 0.1) is 11.6 Å². The number of nitrogens with two attached hydrogens (primary N) is 1. The Hall–Kier alpha value is -3.59. The first kappa shape index (κ1) is 26.0. The molecule has 0 aliphatic carbocycles. The molecule has 0 saturated carbocycles. The van der Waals surface area contributed by atoms with Gasteiger partial charge in [-0.2, -0.15) is 0 Å². The van der Waals surface area contributed by atoms with Crippen molar-refractivity contribution in [2.75, 3.05) is 12.3 Å². The number of nitrogen functional groups attached to an aromatic ring is 1. The van der Waals surface area contributed by atoms with Gasteiger partial charge in [0.2, 0.25) is 11.8 Å². The van der Waals surface area contributed by atoms with Crippen LogP contribution in [-0.4, -0.2) is 35.6 Å². The van der Waals surface area contributed by atoms with E-state index in [-0.39, 0.29) is 38.8 Å². The summed E-state index contributed by atoms with van der Waals surface area (Å²) < 4.78 is 32.5. The maximum atomic E-state index is 13.7. The third-order valence-corrected chi connectivity index (χ3v) is 5.84. The summed E-state index contributed by atoms with van der Waals surface area (Å²) in [6.45, 7) is 0.830. The molecule has 9 heteroatoms. The molecule has 2 amide bonds. The molecule has 1 saturated heterocycles. The molecule has 2 atom stereocenters. The fraction of sp³-hybridized carbons (Fsp3) is 0.346. The second kappa shape index (κ2) is 11.7. The first-order valence-electron chi connectivity index (χ1n) is 11.1. The molecule has 1 fully saturated rings. The summed E-state index contributed by atoms with van der Waals surface area (Å²) in [6.07, 6.45) is 3.27. The Morgan fingerprint density at radius 1 is 1.11 bits per heavy atom. The van der Waals surface area contributed by atoms with Crippen molar-refractivity contribution in [2.24, 2.45) is 0 Å². The SMILES string of the molecule is C.Nc1nccc2cc(CNC(=O)[C@H](Cc3ccc(F)c(F)c3)NC(=O)C[C@H]3CCCO3)ccc12. The minimum Gasteiger partial charge on any atom is -0.383 e. The molecule has 4 N–H and O–H groups in total. The van der Waals surface area contributed by atoms with Crippen LogP contribution in [0.5, 0.6) is 0 Å². The summed E-state index contributed by atoms with van der Waals surface area (Å²) in [5.41, 5.74) is 7.12. The van der Waals surface area contributed by atoms with Crippen LogP contribution in [0.1, 0.15) is 37.8 Å². The van der Waals surface area contributed by atoms with Crippen LogP contribution in [-0.2, 0) is 27.3 Å².